The second-order valence-electron chi connectivity index (χ2n) is 3.50. The largest absolute Gasteiger partial charge is 0.513 e. The Balaban J connectivity index is 2.29. The van der Waals surface area contributed by atoms with E-state index >= 15 is 0 Å². The second kappa shape index (κ2) is 4.71. The van der Waals surface area contributed by atoms with Crippen LogP contribution < -0.4 is 15.8 Å². The summed E-state index contributed by atoms with van der Waals surface area (Å²) < 4.78 is 9.56. The number of nitrogen functional groups attached to an aromatic ring is 1. The van der Waals surface area contributed by atoms with Crippen LogP contribution >= 0.6 is 11.3 Å². The molecule has 0 aliphatic carbocycles. The summed E-state index contributed by atoms with van der Waals surface area (Å²) >= 11 is 1.49. The van der Waals surface area contributed by atoms with E-state index in [1.165, 1.54) is 23.3 Å². The number of anilines is 1. The molecule has 2 rings (SSSR count). The molecule has 2 heterocycles. The molecule has 1 aromatic rings. The molecule has 0 amide bonds. The van der Waals surface area contributed by atoms with E-state index in [0.29, 0.717) is 10.8 Å². The highest BCUT2D eigenvalue weighted by Crippen LogP contribution is 2.39. The zero-order chi connectivity index (χ0) is 11.5. The monoisotopic (exact) mass is 242 g/mol. The van der Waals surface area contributed by atoms with E-state index < -0.39 is 6.16 Å². The fourth-order valence-corrected chi connectivity index (χ4v) is 2.79. The summed E-state index contributed by atoms with van der Waals surface area (Å²) in [6.07, 6.45) is 1.04. The number of hydrogen-bond acceptors (Lipinski definition) is 6. The molecule has 0 fully saturated rings. The van der Waals surface area contributed by atoms with Gasteiger partial charge in [-0.15, -0.1) is 11.3 Å². The molecule has 1 aliphatic rings. The topological polar surface area (TPSA) is 73.6 Å². The van der Waals surface area contributed by atoms with E-state index in [1.54, 1.807) is 0 Å². The lowest BCUT2D eigenvalue weighted by Crippen LogP contribution is -2.16. The molecule has 0 saturated heterocycles. The SMILES string of the molecule is COC(=O)Oc1c(N)sc2c1CCNCC2. The van der Waals surface area contributed by atoms with Crippen molar-refractivity contribution in [2.75, 3.05) is 25.9 Å². The average molecular weight is 242 g/mol. The van der Waals surface area contributed by atoms with Crippen LogP contribution in [0.4, 0.5) is 9.80 Å². The number of methoxy groups -OCH3 is 1. The molecule has 6 heteroatoms. The van der Waals surface area contributed by atoms with Crippen molar-refractivity contribution >= 4 is 22.5 Å². The van der Waals surface area contributed by atoms with Crippen molar-refractivity contribution in [2.24, 2.45) is 0 Å². The van der Waals surface area contributed by atoms with Crippen molar-refractivity contribution < 1.29 is 14.3 Å². The van der Waals surface area contributed by atoms with Crippen LogP contribution in [0.5, 0.6) is 5.75 Å². The number of fused-ring (bicyclic) bond motifs is 1. The van der Waals surface area contributed by atoms with Gasteiger partial charge in [0.25, 0.3) is 0 Å². The van der Waals surface area contributed by atoms with Gasteiger partial charge in [0, 0.05) is 10.4 Å². The van der Waals surface area contributed by atoms with Gasteiger partial charge in [-0.3, -0.25) is 0 Å². The molecule has 16 heavy (non-hydrogen) atoms. The molecule has 0 spiro atoms. The maximum absolute atomic E-state index is 11.1. The Morgan fingerprint density at radius 1 is 1.44 bits per heavy atom. The van der Waals surface area contributed by atoms with Crippen LogP contribution in [-0.4, -0.2) is 26.4 Å². The normalized spacial score (nSPS) is 15.1. The summed E-state index contributed by atoms with van der Waals surface area (Å²) in [5.74, 6) is 0.482. The molecular formula is C10H14N2O3S. The van der Waals surface area contributed by atoms with E-state index in [2.05, 4.69) is 10.1 Å². The zero-order valence-corrected chi connectivity index (χ0v) is 9.86. The zero-order valence-electron chi connectivity index (χ0n) is 9.04. The maximum Gasteiger partial charge on any atom is 0.513 e. The quantitative estimate of drug-likeness (QED) is 0.723. The summed E-state index contributed by atoms with van der Waals surface area (Å²) in [7, 11) is 1.28. The molecule has 3 N–H and O–H groups in total. The van der Waals surface area contributed by atoms with Crippen molar-refractivity contribution in [3.63, 3.8) is 0 Å². The molecule has 0 radical (unpaired) electrons. The summed E-state index contributed by atoms with van der Waals surface area (Å²) in [6.45, 7) is 1.81. The smallest absolute Gasteiger partial charge is 0.437 e. The van der Waals surface area contributed by atoms with Gasteiger partial charge in [-0.25, -0.2) is 4.79 Å². The number of hydrogen-bond donors (Lipinski definition) is 2. The van der Waals surface area contributed by atoms with Crippen molar-refractivity contribution in [1.29, 1.82) is 0 Å². The van der Waals surface area contributed by atoms with Crippen molar-refractivity contribution in [3.8, 4) is 5.75 Å². The summed E-state index contributed by atoms with van der Waals surface area (Å²) in [6, 6.07) is 0. The minimum Gasteiger partial charge on any atom is -0.437 e. The minimum atomic E-state index is -0.718. The number of thiophene rings is 1. The van der Waals surface area contributed by atoms with Gasteiger partial charge in [-0.05, 0) is 25.9 Å². The molecule has 0 saturated carbocycles. The summed E-state index contributed by atoms with van der Waals surface area (Å²) in [5, 5.41) is 3.84. The number of carbonyl (C=O) groups excluding carboxylic acids is 1. The predicted molar refractivity (Wildman–Crippen MR) is 62.0 cm³/mol. The maximum atomic E-state index is 11.1. The van der Waals surface area contributed by atoms with Gasteiger partial charge in [-0.1, -0.05) is 0 Å². The van der Waals surface area contributed by atoms with Crippen molar-refractivity contribution in [1.82, 2.24) is 5.32 Å². The van der Waals surface area contributed by atoms with Crippen LogP contribution in [-0.2, 0) is 17.6 Å². The molecular weight excluding hydrogens is 228 g/mol. The molecule has 1 aliphatic heterocycles. The Kier molecular flexibility index (Phi) is 3.31. The van der Waals surface area contributed by atoms with Crippen LogP contribution in [0.2, 0.25) is 0 Å². The third-order valence-electron chi connectivity index (χ3n) is 2.50. The predicted octanol–water partition coefficient (Wildman–Crippen LogP) is 1.16. The first-order valence-electron chi connectivity index (χ1n) is 5.09. The molecule has 88 valence electrons. The van der Waals surface area contributed by atoms with E-state index in [4.69, 9.17) is 10.5 Å². The molecule has 5 nitrogen and oxygen atoms in total. The number of nitrogens with two attached hydrogens (primary N) is 1. The number of rotatable bonds is 1. The Morgan fingerprint density at radius 2 is 2.19 bits per heavy atom. The second-order valence-corrected chi connectivity index (χ2v) is 4.64. The highest BCUT2D eigenvalue weighted by molar-refractivity contribution is 7.16. The lowest BCUT2D eigenvalue weighted by atomic mass is 10.1. The standard InChI is InChI=1S/C10H14N2O3S/c1-14-10(13)15-8-6-2-4-12-5-3-7(6)16-9(8)11/h12H,2-5,11H2,1H3. The number of nitrogens with one attached hydrogen (secondary N) is 1. The van der Waals surface area contributed by atoms with Gasteiger partial charge >= 0.3 is 6.16 Å². The molecule has 0 unspecified atom stereocenters. The molecule has 1 aromatic heterocycles. The first kappa shape index (κ1) is 11.2. The first-order valence-corrected chi connectivity index (χ1v) is 5.90. The van der Waals surface area contributed by atoms with Gasteiger partial charge < -0.3 is 20.5 Å². The Morgan fingerprint density at radius 3 is 2.94 bits per heavy atom. The lowest BCUT2D eigenvalue weighted by molar-refractivity contribution is 0.121. The van der Waals surface area contributed by atoms with Gasteiger partial charge in [0.05, 0.1) is 7.11 Å². The molecule has 0 aromatic carbocycles. The van der Waals surface area contributed by atoms with Crippen molar-refractivity contribution in [3.05, 3.63) is 10.4 Å². The van der Waals surface area contributed by atoms with E-state index in [0.717, 1.165) is 31.5 Å². The van der Waals surface area contributed by atoms with E-state index in [-0.39, 0.29) is 0 Å². The first-order chi connectivity index (χ1) is 7.72. The third-order valence-corrected chi connectivity index (χ3v) is 3.60. The fraction of sp³-hybridized carbons (Fsp3) is 0.500. The Labute approximate surface area is 97.5 Å². The third kappa shape index (κ3) is 2.12. The lowest BCUT2D eigenvalue weighted by Gasteiger charge is -2.05. The molecule has 0 bridgehead atoms. The van der Waals surface area contributed by atoms with Crippen LogP contribution in [0.15, 0.2) is 0 Å². The van der Waals surface area contributed by atoms with Gasteiger partial charge in [-0.2, -0.15) is 0 Å². The van der Waals surface area contributed by atoms with Crippen LogP contribution in [0.3, 0.4) is 0 Å². The Bertz CT molecular complexity index is 403. The highest BCUT2D eigenvalue weighted by atomic mass is 32.1. The average Bonchev–Trinajstić information content (AvgIpc) is 2.46. The highest BCUT2D eigenvalue weighted by Gasteiger charge is 2.21. The van der Waals surface area contributed by atoms with Gasteiger partial charge in [0.15, 0.2) is 5.75 Å². The number of carbonyl (C=O) groups is 1. The number of ether oxygens (including phenoxy) is 2. The van der Waals surface area contributed by atoms with Crippen LogP contribution in [0.1, 0.15) is 10.4 Å². The van der Waals surface area contributed by atoms with Gasteiger partial charge in [0.1, 0.15) is 5.00 Å². The van der Waals surface area contributed by atoms with E-state index in [9.17, 15) is 4.79 Å². The minimum absolute atomic E-state index is 0.482. The van der Waals surface area contributed by atoms with Gasteiger partial charge in [0.2, 0.25) is 0 Å². The summed E-state index contributed by atoms with van der Waals surface area (Å²) in [4.78, 5) is 12.3. The van der Waals surface area contributed by atoms with Crippen LogP contribution in [0, 0.1) is 0 Å². The van der Waals surface area contributed by atoms with Crippen molar-refractivity contribution in [2.45, 2.75) is 12.8 Å². The summed E-state index contributed by atoms with van der Waals surface area (Å²) in [5.41, 5.74) is 6.88. The fourth-order valence-electron chi connectivity index (χ4n) is 1.75. The molecule has 0 atom stereocenters. The Hall–Kier alpha value is -1.27. The van der Waals surface area contributed by atoms with Crippen LogP contribution in [0.25, 0.3) is 0 Å². The van der Waals surface area contributed by atoms with E-state index in [1.807, 2.05) is 0 Å².